The molecule has 2 aliphatic heterocycles. The number of carbonyl (C=O) groups is 2. The zero-order valence-corrected chi connectivity index (χ0v) is 14.9. The molecular formula is C19H26FN3O2. The van der Waals surface area contributed by atoms with Crippen LogP contribution < -0.4 is 5.32 Å². The Labute approximate surface area is 148 Å². The number of benzene rings is 1. The molecule has 2 fully saturated rings. The second kappa shape index (κ2) is 7.52. The number of nitrogens with zero attached hydrogens (tertiary/aromatic N) is 2. The first-order chi connectivity index (χ1) is 12.0. The average molecular weight is 347 g/mol. The molecule has 0 bridgehead atoms. The number of nitrogens with one attached hydrogen (secondary N) is 1. The van der Waals surface area contributed by atoms with E-state index in [4.69, 9.17) is 0 Å². The van der Waals surface area contributed by atoms with E-state index in [-0.39, 0.29) is 29.7 Å². The Hall–Kier alpha value is -1.95. The number of hydrogen-bond donors (Lipinski definition) is 1. The van der Waals surface area contributed by atoms with Crippen LogP contribution in [0.3, 0.4) is 0 Å². The van der Waals surface area contributed by atoms with Crippen molar-refractivity contribution in [2.24, 2.45) is 0 Å². The van der Waals surface area contributed by atoms with Crippen LogP contribution in [0.25, 0.3) is 0 Å². The highest BCUT2D eigenvalue weighted by molar-refractivity contribution is 5.88. The quantitative estimate of drug-likeness (QED) is 0.887. The number of carbonyl (C=O) groups excluding carboxylic acids is 2. The molecule has 136 valence electrons. The van der Waals surface area contributed by atoms with Gasteiger partial charge in [-0.2, -0.15) is 0 Å². The van der Waals surface area contributed by atoms with Gasteiger partial charge in [0.1, 0.15) is 11.9 Å². The highest BCUT2D eigenvalue weighted by atomic mass is 19.1. The third kappa shape index (κ3) is 3.68. The lowest BCUT2D eigenvalue weighted by Gasteiger charge is -2.30. The van der Waals surface area contributed by atoms with Gasteiger partial charge in [-0.15, -0.1) is 0 Å². The Morgan fingerprint density at radius 3 is 2.64 bits per heavy atom. The first-order valence-electron chi connectivity index (χ1n) is 9.06. The van der Waals surface area contributed by atoms with Crippen LogP contribution in [-0.2, 0) is 9.59 Å². The second-order valence-electron chi connectivity index (χ2n) is 7.00. The van der Waals surface area contributed by atoms with Crippen molar-refractivity contribution < 1.29 is 14.0 Å². The summed E-state index contributed by atoms with van der Waals surface area (Å²) in [6.45, 7) is 3.47. The van der Waals surface area contributed by atoms with Crippen LogP contribution in [-0.4, -0.2) is 53.8 Å². The van der Waals surface area contributed by atoms with Gasteiger partial charge < -0.3 is 10.2 Å². The molecule has 1 N–H and O–H groups in total. The van der Waals surface area contributed by atoms with Gasteiger partial charge in [0.05, 0.1) is 6.04 Å². The van der Waals surface area contributed by atoms with Gasteiger partial charge in [0.25, 0.3) is 0 Å². The summed E-state index contributed by atoms with van der Waals surface area (Å²) in [6, 6.07) is 6.07. The van der Waals surface area contributed by atoms with E-state index < -0.39 is 6.04 Å². The van der Waals surface area contributed by atoms with Gasteiger partial charge in [0.15, 0.2) is 0 Å². The largest absolute Gasteiger partial charge is 0.350 e. The molecule has 2 aliphatic rings. The minimum Gasteiger partial charge on any atom is -0.350 e. The molecule has 6 heteroatoms. The molecular weight excluding hydrogens is 321 g/mol. The molecule has 2 amide bonds. The van der Waals surface area contributed by atoms with Crippen LogP contribution in [0.15, 0.2) is 24.3 Å². The van der Waals surface area contributed by atoms with E-state index in [0.717, 1.165) is 24.9 Å². The van der Waals surface area contributed by atoms with Crippen LogP contribution in [0.4, 0.5) is 4.39 Å². The number of halogens is 1. The minimum absolute atomic E-state index is 0.0244. The van der Waals surface area contributed by atoms with Crippen LogP contribution in [0, 0.1) is 5.82 Å². The predicted molar refractivity (Wildman–Crippen MR) is 93.3 cm³/mol. The third-order valence-corrected chi connectivity index (χ3v) is 5.36. The summed E-state index contributed by atoms with van der Waals surface area (Å²) < 4.78 is 13.2. The van der Waals surface area contributed by atoms with Gasteiger partial charge >= 0.3 is 0 Å². The molecule has 0 aliphatic carbocycles. The maximum atomic E-state index is 13.2. The Balaban J connectivity index is 1.72. The standard InChI is InChI=1S/C19H26FN3O2/c1-3-16(23-11-4-5-17(23)24)19(25)21-15-10-12-22(2)18(15)13-6-8-14(20)9-7-13/h6-9,15-16,18H,3-5,10-12H2,1-2H3,(H,21,25)/t15-,16-,18-/m1/s1. The van der Waals surface area contributed by atoms with Crippen molar-refractivity contribution in [2.75, 3.05) is 20.1 Å². The molecule has 0 aromatic heterocycles. The smallest absolute Gasteiger partial charge is 0.243 e. The summed E-state index contributed by atoms with van der Waals surface area (Å²) >= 11 is 0. The van der Waals surface area contributed by atoms with Crippen LogP contribution in [0.1, 0.15) is 44.2 Å². The maximum absolute atomic E-state index is 13.2. The van der Waals surface area contributed by atoms with Crippen LogP contribution in [0.5, 0.6) is 0 Å². The van der Waals surface area contributed by atoms with Crippen LogP contribution in [0.2, 0.25) is 0 Å². The number of amides is 2. The van der Waals surface area contributed by atoms with Crippen molar-refractivity contribution in [3.63, 3.8) is 0 Å². The van der Waals surface area contributed by atoms with Crippen molar-refractivity contribution in [3.05, 3.63) is 35.6 Å². The first kappa shape index (κ1) is 17.9. The van der Waals surface area contributed by atoms with E-state index in [2.05, 4.69) is 10.2 Å². The molecule has 0 saturated carbocycles. The summed E-state index contributed by atoms with van der Waals surface area (Å²) in [7, 11) is 2.02. The van der Waals surface area contributed by atoms with Crippen molar-refractivity contribution in [3.8, 4) is 0 Å². The van der Waals surface area contributed by atoms with E-state index in [0.29, 0.717) is 19.4 Å². The normalized spacial score (nSPS) is 25.4. The summed E-state index contributed by atoms with van der Waals surface area (Å²) in [6.07, 6.45) is 2.82. The van der Waals surface area contributed by atoms with Gasteiger partial charge in [0.2, 0.25) is 11.8 Å². The topological polar surface area (TPSA) is 52.7 Å². The predicted octanol–water partition coefficient (Wildman–Crippen LogP) is 2.09. The molecule has 0 radical (unpaired) electrons. The molecule has 2 heterocycles. The highest BCUT2D eigenvalue weighted by Crippen LogP contribution is 2.31. The molecule has 1 aromatic carbocycles. The zero-order chi connectivity index (χ0) is 18.0. The minimum atomic E-state index is -0.394. The van der Waals surface area contributed by atoms with Crippen molar-refractivity contribution in [2.45, 2.75) is 50.7 Å². The Morgan fingerprint density at radius 2 is 2.04 bits per heavy atom. The fraction of sp³-hybridized carbons (Fsp3) is 0.579. The Kier molecular flexibility index (Phi) is 5.37. The Bertz CT molecular complexity index is 634. The SMILES string of the molecule is CC[C@H](C(=O)N[C@@H]1CCN(C)[C@@H]1c1ccc(F)cc1)N1CCCC1=O. The van der Waals surface area contributed by atoms with Crippen molar-refractivity contribution >= 4 is 11.8 Å². The molecule has 0 spiro atoms. The van der Waals surface area contributed by atoms with E-state index in [1.807, 2.05) is 14.0 Å². The number of hydrogen-bond acceptors (Lipinski definition) is 3. The van der Waals surface area contributed by atoms with Gasteiger partial charge in [0, 0.05) is 25.6 Å². The van der Waals surface area contributed by atoms with E-state index in [9.17, 15) is 14.0 Å². The first-order valence-corrected chi connectivity index (χ1v) is 9.06. The number of likely N-dealkylation sites (N-methyl/N-ethyl adjacent to an activating group) is 1. The van der Waals surface area contributed by atoms with E-state index in [1.54, 1.807) is 17.0 Å². The summed E-state index contributed by atoms with van der Waals surface area (Å²) in [5.41, 5.74) is 0.997. The summed E-state index contributed by atoms with van der Waals surface area (Å²) in [4.78, 5) is 28.7. The van der Waals surface area contributed by atoms with Gasteiger partial charge in [-0.05, 0) is 44.0 Å². The number of likely N-dealkylation sites (tertiary alicyclic amines) is 2. The lowest BCUT2D eigenvalue weighted by Crippen LogP contribution is -2.50. The highest BCUT2D eigenvalue weighted by Gasteiger charge is 2.37. The average Bonchev–Trinajstić information content (AvgIpc) is 3.16. The molecule has 1 aromatic rings. The van der Waals surface area contributed by atoms with Gasteiger partial charge in [-0.3, -0.25) is 14.5 Å². The molecule has 3 atom stereocenters. The molecule has 25 heavy (non-hydrogen) atoms. The molecule has 2 saturated heterocycles. The maximum Gasteiger partial charge on any atom is 0.243 e. The van der Waals surface area contributed by atoms with Crippen molar-refractivity contribution in [1.82, 2.24) is 15.1 Å². The molecule has 3 rings (SSSR count). The summed E-state index contributed by atoms with van der Waals surface area (Å²) in [5, 5.41) is 3.15. The Morgan fingerprint density at radius 1 is 1.32 bits per heavy atom. The second-order valence-corrected chi connectivity index (χ2v) is 7.00. The third-order valence-electron chi connectivity index (χ3n) is 5.36. The lowest BCUT2D eigenvalue weighted by atomic mass is 9.99. The van der Waals surface area contributed by atoms with Gasteiger partial charge in [-0.25, -0.2) is 4.39 Å². The fourth-order valence-electron chi connectivity index (χ4n) is 4.07. The van der Waals surface area contributed by atoms with E-state index in [1.165, 1.54) is 12.1 Å². The zero-order valence-electron chi connectivity index (χ0n) is 14.9. The molecule has 0 unspecified atom stereocenters. The molecule has 5 nitrogen and oxygen atoms in total. The lowest BCUT2D eigenvalue weighted by molar-refractivity contribution is -0.138. The fourth-order valence-corrected chi connectivity index (χ4v) is 4.07. The number of rotatable bonds is 5. The van der Waals surface area contributed by atoms with Crippen LogP contribution >= 0.6 is 0 Å². The van der Waals surface area contributed by atoms with Crippen molar-refractivity contribution in [1.29, 1.82) is 0 Å². The summed E-state index contributed by atoms with van der Waals surface area (Å²) in [5.74, 6) is -0.269. The monoisotopic (exact) mass is 347 g/mol. The van der Waals surface area contributed by atoms with Gasteiger partial charge in [-0.1, -0.05) is 19.1 Å². The van der Waals surface area contributed by atoms with E-state index >= 15 is 0 Å².